The molecule has 1 fully saturated rings. The number of amides is 2. The molecule has 0 aliphatic carbocycles. The molecule has 10 nitrogen and oxygen atoms in total. The first-order valence-electron chi connectivity index (χ1n) is 12.6. The molecular weight excluding hydrogens is 563 g/mol. The highest BCUT2D eigenvalue weighted by Gasteiger charge is 2.38. The summed E-state index contributed by atoms with van der Waals surface area (Å²) in [4.78, 5) is 37.6. The lowest BCUT2D eigenvalue weighted by molar-refractivity contribution is -0.137. The largest absolute Gasteiger partial charge is 0.416 e. The molecule has 2 aliphatic heterocycles. The molecule has 2 amide bonds. The number of nitrogens with zero attached hydrogens (tertiary/aromatic N) is 4. The normalized spacial score (nSPS) is 19.1. The molecule has 1 saturated heterocycles. The topological polar surface area (TPSA) is 122 Å². The van der Waals surface area contributed by atoms with Gasteiger partial charge in [-0.15, -0.1) is 0 Å². The molecule has 0 bridgehead atoms. The van der Waals surface area contributed by atoms with Crippen LogP contribution < -0.4 is 10.2 Å². The van der Waals surface area contributed by atoms with Gasteiger partial charge in [-0.2, -0.15) is 13.2 Å². The van der Waals surface area contributed by atoms with Gasteiger partial charge < -0.3 is 19.9 Å². The standard InChI is InChI=1S/C27H26F3N5O5S/c1-16(36)35-14-18-11-21(41(2,38)39)7-8-22(18)24(35)25(37)33-20-12-31-26(32-13-20)34-9-10-40-15-23(34)17-3-5-19(6-4-17)27(28,29)30/h3-8,11-13,23-24H,9-10,14-15H2,1-2H3,(H,33,37)/t23-,24-/m1/s1. The number of alkyl halides is 3. The summed E-state index contributed by atoms with van der Waals surface area (Å²) in [5.74, 6) is -0.562. The number of rotatable bonds is 5. The van der Waals surface area contributed by atoms with Gasteiger partial charge in [-0.25, -0.2) is 18.4 Å². The zero-order valence-corrected chi connectivity index (χ0v) is 22.9. The van der Waals surface area contributed by atoms with E-state index in [2.05, 4.69) is 15.3 Å². The maximum atomic E-state index is 13.3. The van der Waals surface area contributed by atoms with Crippen molar-refractivity contribution in [1.29, 1.82) is 0 Å². The summed E-state index contributed by atoms with van der Waals surface area (Å²) in [5, 5.41) is 2.72. The molecule has 0 spiro atoms. The molecule has 0 unspecified atom stereocenters. The Hall–Kier alpha value is -4.04. The Balaban J connectivity index is 1.34. The molecule has 2 aromatic carbocycles. The number of hydrogen-bond acceptors (Lipinski definition) is 8. The lowest BCUT2D eigenvalue weighted by Gasteiger charge is -2.36. The number of sulfone groups is 1. The number of nitrogens with one attached hydrogen (secondary N) is 1. The predicted octanol–water partition coefficient (Wildman–Crippen LogP) is 3.52. The lowest BCUT2D eigenvalue weighted by atomic mass is 10.0. The highest BCUT2D eigenvalue weighted by Crippen LogP contribution is 2.36. The Morgan fingerprint density at radius 3 is 2.37 bits per heavy atom. The number of morpholine rings is 1. The molecule has 0 radical (unpaired) electrons. The van der Waals surface area contributed by atoms with Crippen molar-refractivity contribution in [3.63, 3.8) is 0 Å². The van der Waals surface area contributed by atoms with Crippen molar-refractivity contribution in [2.24, 2.45) is 0 Å². The third-order valence-corrected chi connectivity index (χ3v) is 8.17. The predicted molar refractivity (Wildman–Crippen MR) is 142 cm³/mol. The van der Waals surface area contributed by atoms with E-state index in [0.29, 0.717) is 35.8 Å². The molecule has 1 aromatic heterocycles. The maximum Gasteiger partial charge on any atom is 0.416 e. The molecule has 3 heterocycles. The Morgan fingerprint density at radius 1 is 1.07 bits per heavy atom. The van der Waals surface area contributed by atoms with Crippen LogP contribution in [0.4, 0.5) is 24.8 Å². The average Bonchev–Trinajstić information content (AvgIpc) is 3.32. The van der Waals surface area contributed by atoms with E-state index in [1.165, 1.54) is 54.5 Å². The number of carbonyl (C=O) groups excluding carboxylic acids is 2. The van der Waals surface area contributed by atoms with Crippen molar-refractivity contribution in [3.05, 3.63) is 77.1 Å². The van der Waals surface area contributed by atoms with Crippen LogP contribution in [0.25, 0.3) is 0 Å². The van der Waals surface area contributed by atoms with Gasteiger partial charge in [0.25, 0.3) is 5.91 Å². The second-order valence-electron chi connectivity index (χ2n) is 9.85. The first kappa shape index (κ1) is 28.5. The summed E-state index contributed by atoms with van der Waals surface area (Å²) in [6, 6.07) is 7.89. The van der Waals surface area contributed by atoms with Crippen molar-refractivity contribution < 1.29 is 35.9 Å². The van der Waals surface area contributed by atoms with Crippen LogP contribution in [0.3, 0.4) is 0 Å². The Kier molecular flexibility index (Phi) is 7.46. The first-order valence-corrected chi connectivity index (χ1v) is 14.5. The van der Waals surface area contributed by atoms with Crippen LogP contribution in [0.5, 0.6) is 0 Å². The Bertz CT molecular complexity index is 1580. The van der Waals surface area contributed by atoms with Crippen molar-refractivity contribution in [3.8, 4) is 0 Å². The molecule has 3 aromatic rings. The van der Waals surface area contributed by atoms with Gasteiger partial charge in [0.1, 0.15) is 6.04 Å². The van der Waals surface area contributed by atoms with Crippen molar-refractivity contribution in [2.75, 3.05) is 36.2 Å². The summed E-state index contributed by atoms with van der Waals surface area (Å²) in [6.07, 6.45) is -0.546. The van der Waals surface area contributed by atoms with Crippen LogP contribution in [0.2, 0.25) is 0 Å². The summed E-state index contributed by atoms with van der Waals surface area (Å²) in [7, 11) is -3.47. The zero-order valence-electron chi connectivity index (χ0n) is 22.1. The molecule has 1 N–H and O–H groups in total. The lowest BCUT2D eigenvalue weighted by Crippen LogP contribution is -2.40. The van der Waals surface area contributed by atoms with E-state index < -0.39 is 39.6 Å². The van der Waals surface area contributed by atoms with Crippen LogP contribution in [0.1, 0.15) is 41.3 Å². The first-order chi connectivity index (χ1) is 19.3. The molecule has 216 valence electrons. The number of anilines is 2. The van der Waals surface area contributed by atoms with Gasteiger partial charge in [-0.1, -0.05) is 18.2 Å². The number of ether oxygens (including phenoxy) is 1. The third kappa shape index (κ3) is 5.88. The minimum absolute atomic E-state index is 0.0872. The van der Waals surface area contributed by atoms with Crippen molar-refractivity contribution in [2.45, 2.75) is 36.6 Å². The van der Waals surface area contributed by atoms with Crippen molar-refractivity contribution >= 4 is 33.3 Å². The molecular formula is C27H26F3N5O5S. The second kappa shape index (κ2) is 10.7. The minimum Gasteiger partial charge on any atom is -0.377 e. The molecule has 2 atom stereocenters. The van der Waals surface area contributed by atoms with E-state index in [1.54, 1.807) is 0 Å². The molecule has 2 aliphatic rings. The van der Waals surface area contributed by atoms with E-state index in [4.69, 9.17) is 4.74 Å². The molecule has 41 heavy (non-hydrogen) atoms. The van der Waals surface area contributed by atoms with Crippen LogP contribution in [-0.4, -0.2) is 61.1 Å². The fourth-order valence-electron chi connectivity index (χ4n) is 4.99. The average molecular weight is 590 g/mol. The van der Waals surface area contributed by atoms with Gasteiger partial charge in [0.05, 0.1) is 47.8 Å². The van der Waals surface area contributed by atoms with Gasteiger partial charge in [0.2, 0.25) is 11.9 Å². The van der Waals surface area contributed by atoms with Crippen LogP contribution in [0.15, 0.2) is 59.8 Å². The second-order valence-corrected chi connectivity index (χ2v) is 11.9. The van der Waals surface area contributed by atoms with Gasteiger partial charge in [0.15, 0.2) is 9.84 Å². The number of carbonyl (C=O) groups is 2. The van der Waals surface area contributed by atoms with Crippen LogP contribution in [-0.2, 0) is 36.9 Å². The quantitative estimate of drug-likeness (QED) is 0.480. The summed E-state index contributed by atoms with van der Waals surface area (Å²) in [6.45, 7) is 2.43. The van der Waals surface area contributed by atoms with E-state index in [9.17, 15) is 31.2 Å². The minimum atomic E-state index is -4.44. The van der Waals surface area contributed by atoms with E-state index in [0.717, 1.165) is 18.4 Å². The number of fused-ring (bicyclic) bond motifs is 1. The Morgan fingerprint density at radius 2 is 1.76 bits per heavy atom. The fourth-order valence-corrected chi connectivity index (χ4v) is 5.66. The summed E-state index contributed by atoms with van der Waals surface area (Å²) >= 11 is 0. The Labute approximate surface area is 234 Å². The highest BCUT2D eigenvalue weighted by molar-refractivity contribution is 7.90. The number of halogens is 3. The van der Waals surface area contributed by atoms with Crippen LogP contribution in [0, 0.1) is 0 Å². The van der Waals surface area contributed by atoms with Crippen LogP contribution >= 0.6 is 0 Å². The summed E-state index contributed by atoms with van der Waals surface area (Å²) < 4.78 is 68.5. The molecule has 0 saturated carbocycles. The zero-order chi connectivity index (χ0) is 29.5. The summed E-state index contributed by atoms with van der Waals surface area (Å²) in [5.41, 5.74) is 1.22. The number of benzene rings is 2. The van der Waals surface area contributed by atoms with Gasteiger partial charge in [-0.3, -0.25) is 9.59 Å². The van der Waals surface area contributed by atoms with E-state index in [-0.39, 0.29) is 29.6 Å². The SMILES string of the molecule is CC(=O)N1Cc2cc(S(C)(=O)=O)ccc2[C@@H]1C(=O)Nc1cnc(N2CCOC[C@@H]2c2ccc(C(F)(F)F)cc2)nc1. The fraction of sp³-hybridized carbons (Fsp3) is 0.333. The third-order valence-electron chi connectivity index (χ3n) is 7.06. The van der Waals surface area contributed by atoms with Gasteiger partial charge >= 0.3 is 6.18 Å². The highest BCUT2D eigenvalue weighted by atomic mass is 32.2. The number of hydrogen-bond donors (Lipinski definition) is 1. The molecule has 5 rings (SSSR count). The molecule has 14 heteroatoms. The number of aromatic nitrogens is 2. The van der Waals surface area contributed by atoms with E-state index >= 15 is 0 Å². The van der Waals surface area contributed by atoms with Crippen molar-refractivity contribution in [1.82, 2.24) is 14.9 Å². The van der Waals surface area contributed by atoms with Gasteiger partial charge in [0, 0.05) is 26.3 Å². The smallest absolute Gasteiger partial charge is 0.377 e. The monoisotopic (exact) mass is 589 g/mol. The van der Waals surface area contributed by atoms with Gasteiger partial charge in [-0.05, 0) is 41.0 Å². The van der Waals surface area contributed by atoms with E-state index in [1.807, 2.05) is 4.90 Å². The maximum absolute atomic E-state index is 13.3.